The van der Waals surface area contributed by atoms with E-state index in [0.717, 1.165) is 28.0 Å². The van der Waals surface area contributed by atoms with E-state index in [4.69, 9.17) is 4.74 Å². The molecule has 8 heteroatoms. The van der Waals surface area contributed by atoms with Crippen LogP contribution in [0.5, 0.6) is 5.75 Å². The number of benzene rings is 1. The summed E-state index contributed by atoms with van der Waals surface area (Å²) in [5, 5.41) is 13.7. The third-order valence-electron chi connectivity index (χ3n) is 3.79. The van der Waals surface area contributed by atoms with Gasteiger partial charge in [-0.25, -0.2) is 4.98 Å². The minimum atomic E-state index is -0.230. The quantitative estimate of drug-likeness (QED) is 0.514. The lowest BCUT2D eigenvalue weighted by atomic mass is 10.2. The van der Waals surface area contributed by atoms with Gasteiger partial charge < -0.3 is 15.0 Å². The summed E-state index contributed by atoms with van der Waals surface area (Å²) < 4.78 is 5.19. The van der Waals surface area contributed by atoms with Crippen LogP contribution in [0.2, 0.25) is 0 Å². The number of ether oxygens (including phenoxy) is 1. The van der Waals surface area contributed by atoms with E-state index >= 15 is 0 Å². The summed E-state index contributed by atoms with van der Waals surface area (Å²) in [6.07, 6.45) is 0. The molecule has 126 valence electrons. The molecule has 0 aliphatic carbocycles. The van der Waals surface area contributed by atoms with Crippen molar-refractivity contribution in [3.05, 3.63) is 52.6 Å². The van der Waals surface area contributed by atoms with Gasteiger partial charge in [0.2, 0.25) is 0 Å². The first-order valence-electron chi connectivity index (χ1n) is 7.62. The molecular weight excluding hydrogens is 338 g/mol. The van der Waals surface area contributed by atoms with Gasteiger partial charge in [0.15, 0.2) is 0 Å². The molecule has 0 fully saturated rings. The van der Waals surface area contributed by atoms with Crippen molar-refractivity contribution in [2.45, 2.75) is 6.54 Å². The van der Waals surface area contributed by atoms with Crippen molar-refractivity contribution < 1.29 is 9.53 Å². The number of hydrogen-bond donors (Lipinski definition) is 3. The predicted molar refractivity (Wildman–Crippen MR) is 95.7 cm³/mol. The number of nitrogens with zero attached hydrogens (tertiary/aromatic N) is 2. The number of amides is 1. The number of fused-ring (bicyclic) bond motifs is 1. The number of rotatable bonds is 5. The van der Waals surface area contributed by atoms with E-state index in [1.54, 1.807) is 24.5 Å². The molecule has 0 radical (unpaired) electrons. The number of carbonyl (C=O) groups is 1. The number of aromatic amines is 2. The summed E-state index contributed by atoms with van der Waals surface area (Å²) in [7, 11) is 1.62. The molecule has 0 spiro atoms. The molecule has 7 nitrogen and oxygen atoms in total. The van der Waals surface area contributed by atoms with Crippen LogP contribution < -0.4 is 10.1 Å². The molecule has 3 N–H and O–H groups in total. The van der Waals surface area contributed by atoms with Gasteiger partial charge in [-0.2, -0.15) is 16.4 Å². The minimum absolute atomic E-state index is 0.230. The lowest BCUT2D eigenvalue weighted by Gasteiger charge is -2.00. The first-order chi connectivity index (χ1) is 12.2. The topological polar surface area (TPSA) is 95.7 Å². The van der Waals surface area contributed by atoms with Crippen molar-refractivity contribution in [1.29, 1.82) is 0 Å². The van der Waals surface area contributed by atoms with Crippen LogP contribution in [0, 0.1) is 0 Å². The summed E-state index contributed by atoms with van der Waals surface area (Å²) in [5.41, 5.74) is 3.85. The lowest BCUT2D eigenvalue weighted by Crippen LogP contribution is -2.23. The van der Waals surface area contributed by atoms with Crippen molar-refractivity contribution >= 4 is 28.3 Å². The molecule has 0 atom stereocenters. The van der Waals surface area contributed by atoms with Gasteiger partial charge in [-0.3, -0.25) is 9.89 Å². The van der Waals surface area contributed by atoms with Crippen LogP contribution in [0.4, 0.5) is 0 Å². The summed E-state index contributed by atoms with van der Waals surface area (Å²) in [6, 6.07) is 9.29. The van der Waals surface area contributed by atoms with Gasteiger partial charge >= 0.3 is 0 Å². The number of H-pyrrole nitrogens is 2. The van der Waals surface area contributed by atoms with E-state index in [2.05, 4.69) is 25.5 Å². The van der Waals surface area contributed by atoms with Crippen LogP contribution >= 0.6 is 11.3 Å². The number of aromatic nitrogens is 4. The summed E-state index contributed by atoms with van der Waals surface area (Å²) in [4.78, 5) is 19.9. The van der Waals surface area contributed by atoms with E-state index in [-0.39, 0.29) is 5.91 Å². The average molecular weight is 353 g/mol. The first kappa shape index (κ1) is 15.4. The Labute approximate surface area is 147 Å². The Morgan fingerprint density at radius 2 is 2.24 bits per heavy atom. The molecular formula is C17H15N5O2S. The summed E-state index contributed by atoms with van der Waals surface area (Å²) in [6.45, 7) is 0.294. The summed E-state index contributed by atoms with van der Waals surface area (Å²) in [5.74, 6) is 1.20. The highest BCUT2D eigenvalue weighted by atomic mass is 32.1. The van der Waals surface area contributed by atoms with Gasteiger partial charge in [0, 0.05) is 17.0 Å². The van der Waals surface area contributed by atoms with Gasteiger partial charge in [0.25, 0.3) is 5.91 Å². The Kier molecular flexibility index (Phi) is 3.95. The zero-order chi connectivity index (χ0) is 17.2. The van der Waals surface area contributed by atoms with Crippen molar-refractivity contribution in [3.63, 3.8) is 0 Å². The van der Waals surface area contributed by atoms with Crippen molar-refractivity contribution in [3.8, 4) is 17.0 Å². The monoisotopic (exact) mass is 353 g/mol. The molecule has 3 aromatic heterocycles. The molecule has 4 rings (SSSR count). The van der Waals surface area contributed by atoms with Gasteiger partial charge in [-0.1, -0.05) is 0 Å². The minimum Gasteiger partial charge on any atom is -0.497 e. The predicted octanol–water partition coefficient (Wildman–Crippen LogP) is 2.95. The second-order valence-electron chi connectivity index (χ2n) is 5.43. The second-order valence-corrected chi connectivity index (χ2v) is 6.21. The van der Waals surface area contributed by atoms with E-state index in [9.17, 15) is 4.79 Å². The maximum atomic E-state index is 12.3. The maximum Gasteiger partial charge on any atom is 0.269 e. The third kappa shape index (κ3) is 3.11. The Balaban J connectivity index is 1.45. The highest BCUT2D eigenvalue weighted by Crippen LogP contribution is 2.21. The van der Waals surface area contributed by atoms with E-state index in [1.807, 2.05) is 35.0 Å². The first-order valence-corrected chi connectivity index (χ1v) is 8.56. The van der Waals surface area contributed by atoms with Gasteiger partial charge in [-0.05, 0) is 29.6 Å². The Bertz CT molecular complexity index is 1020. The van der Waals surface area contributed by atoms with Gasteiger partial charge in [0.1, 0.15) is 17.3 Å². The maximum absolute atomic E-state index is 12.3. The molecule has 0 aliphatic rings. The van der Waals surface area contributed by atoms with Crippen molar-refractivity contribution in [1.82, 2.24) is 25.5 Å². The van der Waals surface area contributed by atoms with Crippen molar-refractivity contribution in [2.75, 3.05) is 7.11 Å². The number of methoxy groups -OCH3 is 1. The number of imidazole rings is 1. The Hall–Kier alpha value is -3.13. The molecule has 0 saturated carbocycles. The molecule has 0 saturated heterocycles. The molecule has 4 aromatic rings. The molecule has 25 heavy (non-hydrogen) atoms. The highest BCUT2D eigenvalue weighted by molar-refractivity contribution is 7.08. The molecule has 3 heterocycles. The van der Waals surface area contributed by atoms with Crippen LogP contribution in [-0.4, -0.2) is 33.2 Å². The zero-order valence-corrected chi connectivity index (χ0v) is 14.2. The smallest absolute Gasteiger partial charge is 0.269 e. The van der Waals surface area contributed by atoms with E-state index in [1.165, 1.54) is 0 Å². The Morgan fingerprint density at radius 3 is 3.04 bits per heavy atom. The van der Waals surface area contributed by atoms with Crippen LogP contribution in [0.3, 0.4) is 0 Å². The Morgan fingerprint density at radius 1 is 1.32 bits per heavy atom. The lowest BCUT2D eigenvalue weighted by molar-refractivity contribution is 0.0945. The average Bonchev–Trinajstić information content (AvgIpc) is 3.38. The number of hydrogen-bond acceptors (Lipinski definition) is 5. The van der Waals surface area contributed by atoms with Crippen LogP contribution in [-0.2, 0) is 6.54 Å². The number of nitrogens with one attached hydrogen (secondary N) is 3. The SMILES string of the molecule is COc1ccc2nc(CNC(=O)c3cc(-c4ccsc4)n[nH]3)[nH]c2c1. The molecule has 0 unspecified atom stereocenters. The van der Waals surface area contributed by atoms with Crippen molar-refractivity contribution in [2.24, 2.45) is 0 Å². The van der Waals surface area contributed by atoms with E-state index in [0.29, 0.717) is 18.1 Å². The van der Waals surface area contributed by atoms with Gasteiger partial charge in [-0.15, -0.1) is 0 Å². The highest BCUT2D eigenvalue weighted by Gasteiger charge is 2.12. The van der Waals surface area contributed by atoms with E-state index < -0.39 is 0 Å². The third-order valence-corrected chi connectivity index (χ3v) is 4.48. The molecule has 1 aromatic carbocycles. The van der Waals surface area contributed by atoms with Gasteiger partial charge in [0.05, 0.1) is 30.4 Å². The molecule has 1 amide bonds. The molecule has 0 bridgehead atoms. The largest absolute Gasteiger partial charge is 0.497 e. The fourth-order valence-electron chi connectivity index (χ4n) is 2.51. The fourth-order valence-corrected chi connectivity index (χ4v) is 3.16. The summed E-state index contributed by atoms with van der Waals surface area (Å²) >= 11 is 1.59. The normalized spacial score (nSPS) is 10.9. The van der Waals surface area contributed by atoms with Crippen LogP contribution in [0.15, 0.2) is 41.1 Å². The number of carbonyl (C=O) groups excluding carboxylic acids is 1. The van der Waals surface area contributed by atoms with Crippen LogP contribution in [0.25, 0.3) is 22.3 Å². The standard InChI is InChI=1S/C17H15N5O2S/c1-24-11-2-3-12-14(6-11)20-16(19-12)8-18-17(23)15-7-13(21-22-15)10-4-5-25-9-10/h2-7,9H,8H2,1H3,(H,18,23)(H,19,20)(H,21,22). The zero-order valence-electron chi connectivity index (χ0n) is 13.4. The fraction of sp³-hybridized carbons (Fsp3) is 0.118. The molecule has 0 aliphatic heterocycles. The number of thiophene rings is 1. The van der Waals surface area contributed by atoms with Crippen LogP contribution in [0.1, 0.15) is 16.3 Å². The second kappa shape index (κ2) is 6.40.